The molecule has 2 N–H and O–H groups in total. The molecule has 0 radical (unpaired) electrons. The first-order chi connectivity index (χ1) is 12.9. The Hall–Kier alpha value is -2.56. The molecule has 1 unspecified atom stereocenters. The number of nitrogens with one attached hydrogen (secondary N) is 1. The zero-order valence-corrected chi connectivity index (χ0v) is 16.2. The second-order valence-corrected chi connectivity index (χ2v) is 7.79. The van der Waals surface area contributed by atoms with Gasteiger partial charge in [0.05, 0.1) is 5.56 Å². The number of carbonyl (C=O) groups is 2. The fourth-order valence-electron chi connectivity index (χ4n) is 3.45. The van der Waals surface area contributed by atoms with E-state index >= 15 is 0 Å². The van der Waals surface area contributed by atoms with Crippen LogP contribution in [0.25, 0.3) is 10.8 Å². The highest BCUT2D eigenvalue weighted by Gasteiger charge is 2.29. The van der Waals surface area contributed by atoms with E-state index in [4.69, 9.17) is 0 Å². The normalized spacial score (nSPS) is 16.5. The van der Waals surface area contributed by atoms with Gasteiger partial charge in [-0.05, 0) is 37.1 Å². The van der Waals surface area contributed by atoms with E-state index in [0.29, 0.717) is 42.8 Å². The van der Waals surface area contributed by atoms with Gasteiger partial charge in [0.2, 0.25) is 5.91 Å². The van der Waals surface area contributed by atoms with Crippen LogP contribution in [0.1, 0.15) is 44.0 Å². The van der Waals surface area contributed by atoms with Crippen molar-refractivity contribution in [2.45, 2.75) is 39.7 Å². The molecule has 0 aromatic heterocycles. The molecule has 1 aliphatic rings. The monoisotopic (exact) mass is 368 g/mol. The molecule has 1 heterocycles. The highest BCUT2D eigenvalue weighted by atomic mass is 16.3. The van der Waals surface area contributed by atoms with Crippen molar-refractivity contribution in [3.63, 3.8) is 0 Å². The number of hydrogen-bond acceptors (Lipinski definition) is 3. The molecule has 144 valence electrons. The van der Waals surface area contributed by atoms with Crippen LogP contribution in [0.5, 0.6) is 5.75 Å². The van der Waals surface area contributed by atoms with Crippen LogP contribution < -0.4 is 5.32 Å². The molecule has 0 bridgehead atoms. The number of benzene rings is 2. The largest absolute Gasteiger partial charge is 0.506 e. The Morgan fingerprint density at radius 3 is 2.41 bits per heavy atom. The number of amides is 2. The van der Waals surface area contributed by atoms with Crippen molar-refractivity contribution < 1.29 is 14.7 Å². The number of phenols is 1. The summed E-state index contributed by atoms with van der Waals surface area (Å²) in [6.45, 7) is 7.24. The van der Waals surface area contributed by atoms with Gasteiger partial charge in [0, 0.05) is 30.4 Å². The van der Waals surface area contributed by atoms with Crippen LogP contribution in [0.2, 0.25) is 0 Å². The number of phenolic OH excluding ortho intramolecular Hbond substituents is 1. The maximum atomic E-state index is 12.9. The quantitative estimate of drug-likeness (QED) is 0.867. The topological polar surface area (TPSA) is 69.6 Å². The first-order valence-electron chi connectivity index (χ1n) is 9.69. The lowest BCUT2D eigenvalue weighted by molar-refractivity contribution is -0.127. The van der Waals surface area contributed by atoms with Crippen LogP contribution in [-0.4, -0.2) is 41.0 Å². The Kier molecular flexibility index (Phi) is 5.68. The summed E-state index contributed by atoms with van der Waals surface area (Å²) in [5.41, 5.74) is 0.324. The molecular formula is C22H28N2O3. The minimum atomic E-state index is -0.173. The number of likely N-dealkylation sites (tertiary alicyclic amines) is 1. The number of fused-ring (bicyclic) bond motifs is 1. The predicted octanol–water partition coefficient (Wildman–Crippen LogP) is 3.56. The fourth-order valence-corrected chi connectivity index (χ4v) is 3.45. The number of nitrogens with zero attached hydrogens (tertiary/aromatic N) is 1. The standard InChI is InChI=1S/C22H28N2O3/c1-14(2)15(3)23-21(26)17-10-12-24(13-11-17)22(27)19-9-8-16-6-4-5-7-18(16)20(19)25/h4-9,14-15,17,25H,10-13H2,1-3H3,(H,23,26). The van der Waals surface area contributed by atoms with Crippen molar-refractivity contribution in [2.24, 2.45) is 11.8 Å². The molecule has 1 aliphatic heterocycles. The maximum absolute atomic E-state index is 12.9. The highest BCUT2D eigenvalue weighted by molar-refractivity contribution is 6.03. The summed E-state index contributed by atoms with van der Waals surface area (Å²) in [7, 11) is 0. The molecular weight excluding hydrogens is 340 g/mol. The molecule has 2 aromatic carbocycles. The van der Waals surface area contributed by atoms with Gasteiger partial charge >= 0.3 is 0 Å². The van der Waals surface area contributed by atoms with Gasteiger partial charge in [-0.15, -0.1) is 0 Å². The molecule has 1 atom stereocenters. The van der Waals surface area contributed by atoms with Crippen molar-refractivity contribution in [3.8, 4) is 5.75 Å². The van der Waals surface area contributed by atoms with Gasteiger partial charge in [0.25, 0.3) is 5.91 Å². The Labute approximate surface area is 160 Å². The van der Waals surface area contributed by atoms with Crippen molar-refractivity contribution >= 4 is 22.6 Å². The van der Waals surface area contributed by atoms with E-state index in [0.717, 1.165) is 5.39 Å². The van der Waals surface area contributed by atoms with E-state index in [-0.39, 0.29) is 29.5 Å². The Bertz CT molecular complexity index is 839. The average Bonchev–Trinajstić information content (AvgIpc) is 2.68. The molecule has 3 rings (SSSR count). The van der Waals surface area contributed by atoms with E-state index in [9.17, 15) is 14.7 Å². The lowest BCUT2D eigenvalue weighted by Crippen LogP contribution is -2.45. The smallest absolute Gasteiger partial charge is 0.257 e. The molecule has 0 spiro atoms. The van der Waals surface area contributed by atoms with E-state index in [1.54, 1.807) is 11.0 Å². The zero-order chi connectivity index (χ0) is 19.6. The Balaban J connectivity index is 1.65. The zero-order valence-electron chi connectivity index (χ0n) is 16.2. The van der Waals surface area contributed by atoms with Crippen molar-refractivity contribution in [1.82, 2.24) is 10.2 Å². The number of piperidine rings is 1. The van der Waals surface area contributed by atoms with Gasteiger partial charge in [-0.2, -0.15) is 0 Å². The summed E-state index contributed by atoms with van der Waals surface area (Å²) in [6, 6.07) is 11.2. The third-order valence-corrected chi connectivity index (χ3v) is 5.65. The SMILES string of the molecule is CC(C)C(C)NC(=O)C1CCN(C(=O)c2ccc3ccccc3c2O)CC1. The lowest BCUT2D eigenvalue weighted by atomic mass is 9.94. The molecule has 27 heavy (non-hydrogen) atoms. The van der Waals surface area contributed by atoms with Crippen molar-refractivity contribution in [1.29, 1.82) is 0 Å². The van der Waals surface area contributed by atoms with Gasteiger partial charge < -0.3 is 15.3 Å². The van der Waals surface area contributed by atoms with Crippen LogP contribution in [0.3, 0.4) is 0 Å². The van der Waals surface area contributed by atoms with Gasteiger partial charge in [-0.3, -0.25) is 9.59 Å². The summed E-state index contributed by atoms with van der Waals surface area (Å²) in [6.07, 6.45) is 1.30. The van der Waals surface area contributed by atoms with Gasteiger partial charge in [0.15, 0.2) is 0 Å². The fraction of sp³-hybridized carbons (Fsp3) is 0.455. The summed E-state index contributed by atoms with van der Waals surface area (Å²) in [5, 5.41) is 15.2. The molecule has 5 nitrogen and oxygen atoms in total. The lowest BCUT2D eigenvalue weighted by Gasteiger charge is -2.32. The Morgan fingerprint density at radius 2 is 1.74 bits per heavy atom. The number of aromatic hydroxyl groups is 1. The third-order valence-electron chi connectivity index (χ3n) is 5.65. The van der Waals surface area contributed by atoms with E-state index in [1.165, 1.54) is 0 Å². The molecule has 0 saturated carbocycles. The number of hydrogen-bond donors (Lipinski definition) is 2. The van der Waals surface area contributed by atoms with Crippen LogP contribution >= 0.6 is 0 Å². The van der Waals surface area contributed by atoms with Crippen LogP contribution in [-0.2, 0) is 4.79 Å². The van der Waals surface area contributed by atoms with Crippen molar-refractivity contribution in [3.05, 3.63) is 42.0 Å². The Morgan fingerprint density at radius 1 is 1.07 bits per heavy atom. The summed E-state index contributed by atoms with van der Waals surface area (Å²) in [5.74, 6) is 0.278. The molecule has 5 heteroatoms. The minimum Gasteiger partial charge on any atom is -0.506 e. The molecule has 1 saturated heterocycles. The second kappa shape index (κ2) is 7.99. The molecule has 2 amide bonds. The average molecular weight is 368 g/mol. The van der Waals surface area contributed by atoms with Crippen LogP contribution in [0.15, 0.2) is 36.4 Å². The van der Waals surface area contributed by atoms with E-state index < -0.39 is 0 Å². The maximum Gasteiger partial charge on any atom is 0.257 e. The van der Waals surface area contributed by atoms with Crippen LogP contribution in [0.4, 0.5) is 0 Å². The van der Waals surface area contributed by atoms with Gasteiger partial charge in [-0.1, -0.05) is 44.2 Å². The second-order valence-electron chi connectivity index (χ2n) is 7.79. The minimum absolute atomic E-state index is 0.0312. The highest BCUT2D eigenvalue weighted by Crippen LogP contribution is 2.30. The first-order valence-corrected chi connectivity index (χ1v) is 9.69. The summed E-state index contributed by atoms with van der Waals surface area (Å²) in [4.78, 5) is 27.0. The van der Waals surface area contributed by atoms with Gasteiger partial charge in [0.1, 0.15) is 5.75 Å². The summed E-state index contributed by atoms with van der Waals surface area (Å²) >= 11 is 0. The molecule has 2 aromatic rings. The van der Waals surface area contributed by atoms with Crippen molar-refractivity contribution in [2.75, 3.05) is 13.1 Å². The van der Waals surface area contributed by atoms with Gasteiger partial charge in [-0.25, -0.2) is 0 Å². The number of rotatable bonds is 4. The molecule has 1 fully saturated rings. The summed E-state index contributed by atoms with van der Waals surface area (Å²) < 4.78 is 0. The van der Waals surface area contributed by atoms with E-state index in [1.807, 2.05) is 37.3 Å². The third kappa shape index (κ3) is 4.07. The predicted molar refractivity (Wildman–Crippen MR) is 107 cm³/mol. The number of carbonyl (C=O) groups excluding carboxylic acids is 2. The van der Waals surface area contributed by atoms with Crippen LogP contribution in [0, 0.1) is 11.8 Å². The first kappa shape index (κ1) is 19.2. The molecule has 0 aliphatic carbocycles. The van der Waals surface area contributed by atoms with E-state index in [2.05, 4.69) is 19.2 Å².